The zero-order valence-corrected chi connectivity index (χ0v) is 27.3. The lowest BCUT2D eigenvalue weighted by Gasteiger charge is -2.23. The maximum Gasteiger partial charge on any atom is 0.503 e. The predicted octanol–water partition coefficient (Wildman–Crippen LogP) is 7.81. The number of nitrogens with one attached hydrogen (secondary N) is 1. The summed E-state index contributed by atoms with van der Waals surface area (Å²) < 4.78 is 11.9. The van der Waals surface area contributed by atoms with E-state index in [1.807, 2.05) is 63.5 Å². The number of carboxylic acid groups (broad SMARTS) is 2. The molecule has 1 amide bonds. The molecule has 44 heavy (non-hydrogen) atoms. The normalized spacial score (nSPS) is 12.9. The van der Waals surface area contributed by atoms with Crippen molar-refractivity contribution in [1.82, 2.24) is 15.2 Å². The lowest BCUT2D eigenvalue weighted by atomic mass is 9.94. The highest BCUT2D eigenvalue weighted by molar-refractivity contribution is 6.32. The van der Waals surface area contributed by atoms with E-state index in [9.17, 15) is 4.79 Å². The number of pyridine rings is 1. The van der Waals surface area contributed by atoms with Crippen LogP contribution < -0.4 is 14.8 Å². The number of carbonyl (C=O) groups is 2. The largest absolute Gasteiger partial charge is 0.503 e. The third-order valence-corrected chi connectivity index (χ3v) is 7.40. The van der Waals surface area contributed by atoms with Gasteiger partial charge in [0.25, 0.3) is 5.91 Å². The van der Waals surface area contributed by atoms with Crippen molar-refractivity contribution < 1.29 is 29.3 Å². The van der Waals surface area contributed by atoms with Gasteiger partial charge in [0.1, 0.15) is 17.2 Å². The second-order valence-corrected chi connectivity index (χ2v) is 11.2. The molecular formula is C33H43Cl2N3O6. The molecule has 1 aliphatic rings. The highest BCUT2D eigenvalue weighted by Crippen LogP contribution is 2.38. The first kappa shape index (κ1) is 36.7. The zero-order valence-electron chi connectivity index (χ0n) is 25.8. The molecule has 0 aliphatic heterocycles. The Morgan fingerprint density at radius 3 is 2.36 bits per heavy atom. The van der Waals surface area contributed by atoms with Crippen molar-refractivity contribution in [1.29, 1.82) is 0 Å². The maximum absolute atomic E-state index is 13.3. The van der Waals surface area contributed by atoms with E-state index in [1.54, 1.807) is 0 Å². The minimum atomic E-state index is -1.83. The van der Waals surface area contributed by atoms with Gasteiger partial charge in [-0.15, -0.1) is 12.4 Å². The van der Waals surface area contributed by atoms with E-state index in [0.29, 0.717) is 35.4 Å². The number of aromatic nitrogens is 1. The molecule has 3 aromatic rings. The van der Waals surface area contributed by atoms with Crippen LogP contribution in [0.2, 0.25) is 5.02 Å². The van der Waals surface area contributed by atoms with E-state index in [0.717, 1.165) is 66.7 Å². The second kappa shape index (κ2) is 18.3. The van der Waals surface area contributed by atoms with Gasteiger partial charge >= 0.3 is 6.16 Å². The first-order chi connectivity index (χ1) is 20.6. The monoisotopic (exact) mass is 647 g/mol. The van der Waals surface area contributed by atoms with Gasteiger partial charge in [0.15, 0.2) is 0 Å². The molecule has 1 aliphatic carbocycles. The van der Waals surface area contributed by atoms with Gasteiger partial charge in [0.2, 0.25) is 0 Å². The minimum absolute atomic E-state index is 0. The molecule has 0 spiro atoms. The average molecular weight is 649 g/mol. The average Bonchev–Trinajstić information content (AvgIpc) is 2.97. The first-order valence-corrected chi connectivity index (χ1v) is 15.0. The standard InChI is InChI=1S/C32H40ClN3O3.CH2O3.ClH/c1-5-38-25-14-12-22(2)27(21-25)26-15-17-29(32(37)34-24-10-7-6-8-11-24)35-31(26)23-13-16-28(33)30(20-23)39-19-9-18-36(3)4;2-1(3)4;/h12-17,20-21,24H,5-11,18-19H2,1-4H3,(H,34,37);(H2,2,3,4);1H. The van der Waals surface area contributed by atoms with Crippen LogP contribution in [0.15, 0.2) is 48.5 Å². The van der Waals surface area contributed by atoms with Crippen molar-refractivity contribution >= 4 is 36.1 Å². The number of carbonyl (C=O) groups excluding carboxylic acids is 1. The van der Waals surface area contributed by atoms with Crippen LogP contribution in [0.4, 0.5) is 4.79 Å². The third kappa shape index (κ3) is 11.2. The Hall–Kier alpha value is -3.53. The minimum Gasteiger partial charge on any atom is -0.494 e. The fourth-order valence-corrected chi connectivity index (χ4v) is 5.17. The maximum atomic E-state index is 13.3. The molecule has 1 aromatic heterocycles. The fraction of sp³-hybridized carbons (Fsp3) is 0.424. The molecule has 11 heteroatoms. The SMILES string of the molecule is CCOc1ccc(C)c(-c2ccc(C(=O)NC3CCCCC3)nc2-c2ccc(Cl)c(OCCCN(C)C)c2)c1.Cl.O=C(O)O. The Morgan fingerprint density at radius 2 is 1.70 bits per heavy atom. The molecular weight excluding hydrogens is 605 g/mol. The molecule has 0 bridgehead atoms. The fourth-order valence-electron chi connectivity index (χ4n) is 5.00. The van der Waals surface area contributed by atoms with E-state index < -0.39 is 6.16 Å². The Bertz CT molecular complexity index is 1380. The van der Waals surface area contributed by atoms with E-state index in [1.165, 1.54) is 6.42 Å². The molecule has 4 rings (SSSR count). The third-order valence-electron chi connectivity index (χ3n) is 7.09. The van der Waals surface area contributed by atoms with Crippen molar-refractivity contribution in [3.05, 3.63) is 64.8 Å². The van der Waals surface area contributed by atoms with Gasteiger partial charge in [0.05, 0.1) is 23.9 Å². The van der Waals surface area contributed by atoms with Gasteiger partial charge in [0, 0.05) is 23.7 Å². The molecule has 0 saturated heterocycles. The Balaban J connectivity index is 0.00000127. The van der Waals surface area contributed by atoms with Crippen LogP contribution in [-0.2, 0) is 0 Å². The van der Waals surface area contributed by atoms with E-state index >= 15 is 0 Å². The number of hydrogen-bond donors (Lipinski definition) is 3. The molecule has 2 aromatic carbocycles. The number of rotatable bonds is 11. The number of hydrogen-bond acceptors (Lipinski definition) is 6. The van der Waals surface area contributed by atoms with E-state index in [2.05, 4.69) is 23.2 Å². The summed E-state index contributed by atoms with van der Waals surface area (Å²) in [6.07, 6.45) is 4.63. The first-order valence-electron chi connectivity index (χ1n) is 14.6. The summed E-state index contributed by atoms with van der Waals surface area (Å²) >= 11 is 6.52. The van der Waals surface area contributed by atoms with Crippen LogP contribution in [0, 0.1) is 6.92 Å². The molecule has 0 atom stereocenters. The van der Waals surface area contributed by atoms with Gasteiger partial charge in [-0.05, 0) is 94.7 Å². The molecule has 0 radical (unpaired) electrons. The number of aryl methyl sites for hydroxylation is 1. The summed E-state index contributed by atoms with van der Waals surface area (Å²) in [4.78, 5) is 28.9. The van der Waals surface area contributed by atoms with Crippen molar-refractivity contribution in [2.75, 3.05) is 33.9 Å². The van der Waals surface area contributed by atoms with E-state index in [-0.39, 0.29) is 24.4 Å². The summed E-state index contributed by atoms with van der Waals surface area (Å²) in [6.45, 7) is 6.11. The number of amides is 1. The van der Waals surface area contributed by atoms with Crippen molar-refractivity contribution in [2.24, 2.45) is 0 Å². The van der Waals surface area contributed by atoms with Crippen LogP contribution in [0.3, 0.4) is 0 Å². The van der Waals surface area contributed by atoms with Gasteiger partial charge in [-0.25, -0.2) is 9.78 Å². The molecule has 3 N–H and O–H groups in total. The molecule has 240 valence electrons. The highest BCUT2D eigenvalue weighted by Gasteiger charge is 2.21. The summed E-state index contributed by atoms with van der Waals surface area (Å²) in [5, 5.41) is 17.7. The lowest BCUT2D eigenvalue weighted by Crippen LogP contribution is -2.36. The predicted molar refractivity (Wildman–Crippen MR) is 177 cm³/mol. The summed E-state index contributed by atoms with van der Waals surface area (Å²) in [6, 6.07) is 15.8. The van der Waals surface area contributed by atoms with Gasteiger partial charge in [-0.3, -0.25) is 4.79 Å². The van der Waals surface area contributed by atoms with Crippen LogP contribution >= 0.6 is 24.0 Å². The highest BCUT2D eigenvalue weighted by atomic mass is 35.5. The number of ether oxygens (including phenoxy) is 2. The van der Waals surface area contributed by atoms with Crippen LogP contribution in [0.5, 0.6) is 11.5 Å². The van der Waals surface area contributed by atoms with Crippen LogP contribution in [-0.4, -0.2) is 72.1 Å². The molecule has 9 nitrogen and oxygen atoms in total. The van der Waals surface area contributed by atoms with Crippen molar-refractivity contribution in [3.8, 4) is 33.9 Å². The molecule has 1 heterocycles. The topological polar surface area (TPSA) is 121 Å². The molecule has 1 fully saturated rings. The number of nitrogens with zero attached hydrogens (tertiary/aromatic N) is 2. The van der Waals surface area contributed by atoms with Crippen molar-refractivity contribution in [2.45, 2.75) is 58.4 Å². The van der Waals surface area contributed by atoms with E-state index in [4.69, 9.17) is 41.1 Å². The zero-order chi connectivity index (χ0) is 31.4. The number of halogens is 2. The van der Waals surface area contributed by atoms with Crippen LogP contribution in [0.25, 0.3) is 22.4 Å². The van der Waals surface area contributed by atoms with Gasteiger partial charge in [-0.2, -0.15) is 0 Å². The molecule has 0 unspecified atom stereocenters. The second-order valence-electron chi connectivity index (χ2n) is 10.7. The smallest absolute Gasteiger partial charge is 0.494 e. The quantitative estimate of drug-likeness (QED) is 0.180. The Kier molecular flexibility index (Phi) is 15.3. The Morgan fingerprint density at radius 1 is 1.00 bits per heavy atom. The van der Waals surface area contributed by atoms with Gasteiger partial charge in [-0.1, -0.05) is 43.0 Å². The van der Waals surface area contributed by atoms with Crippen LogP contribution in [0.1, 0.15) is 61.5 Å². The summed E-state index contributed by atoms with van der Waals surface area (Å²) in [5.74, 6) is 1.27. The summed E-state index contributed by atoms with van der Waals surface area (Å²) in [5.41, 5.74) is 4.97. The van der Waals surface area contributed by atoms with Gasteiger partial charge < -0.3 is 29.9 Å². The summed E-state index contributed by atoms with van der Waals surface area (Å²) in [7, 11) is 4.08. The number of benzene rings is 2. The Labute approximate surface area is 271 Å². The molecule has 1 saturated carbocycles. The lowest BCUT2D eigenvalue weighted by molar-refractivity contribution is 0.0922. The van der Waals surface area contributed by atoms with Crippen molar-refractivity contribution in [3.63, 3.8) is 0 Å².